The number of thiophene rings is 1. The Balaban J connectivity index is 1.01. The Bertz CT molecular complexity index is 3580. The van der Waals surface area contributed by atoms with Gasteiger partial charge in [-0.15, -0.1) is 11.3 Å². The second-order valence-corrected chi connectivity index (χ2v) is 16.8. The van der Waals surface area contributed by atoms with Gasteiger partial charge in [-0.1, -0.05) is 170 Å². The number of fused-ring (bicyclic) bond motifs is 8. The van der Waals surface area contributed by atoms with Gasteiger partial charge in [0, 0.05) is 53.6 Å². The zero-order valence-corrected chi connectivity index (χ0v) is 34.1. The number of anilines is 3. The van der Waals surface area contributed by atoms with Gasteiger partial charge in [-0.2, -0.15) is 0 Å². The predicted octanol–water partition coefficient (Wildman–Crippen LogP) is 16.8. The van der Waals surface area contributed by atoms with Gasteiger partial charge in [0.1, 0.15) is 0 Å². The third-order valence-corrected chi connectivity index (χ3v) is 13.3. The Kier molecular flexibility index (Phi) is 8.39. The molecule has 2 nitrogen and oxygen atoms in total. The summed E-state index contributed by atoms with van der Waals surface area (Å²) in [5.41, 5.74) is 14.1. The van der Waals surface area contributed by atoms with E-state index in [9.17, 15) is 0 Å². The second kappa shape index (κ2) is 14.5. The van der Waals surface area contributed by atoms with Crippen LogP contribution in [-0.2, 0) is 0 Å². The van der Waals surface area contributed by atoms with Crippen LogP contribution >= 0.6 is 11.3 Å². The van der Waals surface area contributed by atoms with Gasteiger partial charge in [0.15, 0.2) is 0 Å². The van der Waals surface area contributed by atoms with Crippen LogP contribution in [0.3, 0.4) is 0 Å². The van der Waals surface area contributed by atoms with Crippen molar-refractivity contribution in [2.45, 2.75) is 0 Å². The summed E-state index contributed by atoms with van der Waals surface area (Å²) in [5.74, 6) is 0. The minimum atomic E-state index is 1.10. The van der Waals surface area contributed by atoms with E-state index in [1.54, 1.807) is 0 Å². The summed E-state index contributed by atoms with van der Waals surface area (Å²) in [4.78, 5) is 2.40. The molecule has 2 heterocycles. The van der Waals surface area contributed by atoms with E-state index in [2.05, 4.69) is 240 Å². The van der Waals surface area contributed by atoms with Crippen molar-refractivity contribution in [2.75, 3.05) is 4.90 Å². The largest absolute Gasteiger partial charge is 0.310 e. The molecule has 0 saturated heterocycles. The standard InChI is InChI=1S/C58H38N2S/c1-3-15-39(16-4-1)43-20-13-21-45(37-43)59(46-34-35-50-49-23-9-12-28-55(49)61-56(50)38-46)44-32-29-41(30-33-44)47-22-7-10-26-52(47)60-53-27-11-8-24-51(53)58-54(60)36-31-42-19-14-25-48(57(42)58)40-17-5-2-6-18-40/h1-38H. The van der Waals surface area contributed by atoms with E-state index in [4.69, 9.17) is 0 Å². The zero-order chi connectivity index (χ0) is 40.3. The SMILES string of the molecule is c1ccc(-c2cccc(N(c3ccc(-c4ccccc4-n4c5ccccc5c5c6c(-c7ccccc7)cccc6ccc54)cc3)c3ccc4c(c3)sc3ccccc34)c2)cc1. The van der Waals surface area contributed by atoms with Crippen molar-refractivity contribution in [1.82, 2.24) is 4.57 Å². The number of benzene rings is 10. The highest BCUT2D eigenvalue weighted by Crippen LogP contribution is 2.45. The van der Waals surface area contributed by atoms with E-state index < -0.39 is 0 Å². The predicted molar refractivity (Wildman–Crippen MR) is 262 cm³/mol. The van der Waals surface area contributed by atoms with E-state index in [0.717, 1.165) is 28.3 Å². The molecular weight excluding hydrogens is 757 g/mol. The molecule has 0 spiro atoms. The van der Waals surface area contributed by atoms with E-state index >= 15 is 0 Å². The van der Waals surface area contributed by atoms with Crippen molar-refractivity contribution in [3.63, 3.8) is 0 Å². The van der Waals surface area contributed by atoms with Gasteiger partial charge in [0.2, 0.25) is 0 Å². The number of aromatic nitrogens is 1. The maximum absolute atomic E-state index is 2.47. The highest BCUT2D eigenvalue weighted by Gasteiger charge is 2.20. The molecule has 0 amide bonds. The summed E-state index contributed by atoms with van der Waals surface area (Å²) in [7, 11) is 0. The Morgan fingerprint density at radius 2 is 0.951 bits per heavy atom. The fraction of sp³-hybridized carbons (Fsp3) is 0. The lowest BCUT2D eigenvalue weighted by Gasteiger charge is -2.26. The molecule has 0 aliphatic carbocycles. The van der Waals surface area contributed by atoms with Crippen LogP contribution < -0.4 is 4.90 Å². The third-order valence-electron chi connectivity index (χ3n) is 12.2. The van der Waals surface area contributed by atoms with E-state index in [1.807, 2.05) is 11.3 Å². The maximum atomic E-state index is 2.47. The zero-order valence-electron chi connectivity index (χ0n) is 33.2. The summed E-state index contributed by atoms with van der Waals surface area (Å²) in [6, 6.07) is 84.1. The van der Waals surface area contributed by atoms with Crippen LogP contribution in [0, 0.1) is 0 Å². The van der Waals surface area contributed by atoms with E-state index in [-0.39, 0.29) is 0 Å². The van der Waals surface area contributed by atoms with E-state index in [0.29, 0.717) is 0 Å². The van der Waals surface area contributed by atoms with Crippen LogP contribution in [0.5, 0.6) is 0 Å². The average Bonchev–Trinajstić information content (AvgIpc) is 3.88. The molecule has 0 fully saturated rings. The molecule has 286 valence electrons. The first-order valence-corrected chi connectivity index (χ1v) is 21.7. The van der Waals surface area contributed by atoms with Crippen molar-refractivity contribution >= 4 is 81.1 Å². The fourth-order valence-corrected chi connectivity index (χ4v) is 10.6. The van der Waals surface area contributed by atoms with Gasteiger partial charge >= 0.3 is 0 Å². The molecule has 2 aromatic heterocycles. The van der Waals surface area contributed by atoms with Crippen LogP contribution in [0.2, 0.25) is 0 Å². The molecule has 0 unspecified atom stereocenters. The third kappa shape index (κ3) is 5.93. The Labute approximate surface area is 358 Å². The Hall–Kier alpha value is -7.72. The molecule has 0 bridgehead atoms. The number of para-hydroxylation sites is 2. The molecule has 0 atom stereocenters. The van der Waals surface area contributed by atoms with Gasteiger partial charge in [0.05, 0.1) is 16.7 Å². The lowest BCUT2D eigenvalue weighted by atomic mass is 9.94. The minimum Gasteiger partial charge on any atom is -0.310 e. The topological polar surface area (TPSA) is 8.17 Å². The molecule has 3 heteroatoms. The van der Waals surface area contributed by atoms with Crippen molar-refractivity contribution in [3.05, 3.63) is 231 Å². The monoisotopic (exact) mass is 794 g/mol. The lowest BCUT2D eigenvalue weighted by molar-refractivity contribution is 1.18. The number of rotatable bonds is 7. The molecule has 0 aliphatic heterocycles. The number of hydrogen-bond acceptors (Lipinski definition) is 2. The highest BCUT2D eigenvalue weighted by molar-refractivity contribution is 7.25. The van der Waals surface area contributed by atoms with Crippen LogP contribution in [0.25, 0.3) is 91.8 Å². The molecule has 0 radical (unpaired) electrons. The molecule has 0 saturated carbocycles. The summed E-state index contributed by atoms with van der Waals surface area (Å²) < 4.78 is 5.06. The summed E-state index contributed by atoms with van der Waals surface area (Å²) in [6.07, 6.45) is 0. The van der Waals surface area contributed by atoms with E-state index in [1.165, 1.54) is 80.6 Å². The minimum absolute atomic E-state index is 1.10. The van der Waals surface area contributed by atoms with Gasteiger partial charge in [-0.3, -0.25) is 0 Å². The fourth-order valence-electron chi connectivity index (χ4n) is 9.41. The average molecular weight is 795 g/mol. The Morgan fingerprint density at radius 3 is 1.80 bits per heavy atom. The van der Waals surface area contributed by atoms with Gasteiger partial charge in [0.25, 0.3) is 0 Å². The maximum Gasteiger partial charge on any atom is 0.0548 e. The quantitative estimate of drug-likeness (QED) is 0.156. The molecule has 0 N–H and O–H groups in total. The first-order chi connectivity index (χ1) is 30.3. The number of hydrogen-bond donors (Lipinski definition) is 0. The summed E-state index contributed by atoms with van der Waals surface area (Å²) in [6.45, 7) is 0. The van der Waals surface area contributed by atoms with Crippen LogP contribution in [0.1, 0.15) is 0 Å². The molecule has 12 aromatic rings. The van der Waals surface area contributed by atoms with Crippen LogP contribution in [0.4, 0.5) is 17.1 Å². The molecule has 10 aromatic carbocycles. The summed E-state index contributed by atoms with van der Waals surface area (Å²) in [5, 5.41) is 7.66. The smallest absolute Gasteiger partial charge is 0.0548 e. The second-order valence-electron chi connectivity index (χ2n) is 15.7. The summed E-state index contributed by atoms with van der Waals surface area (Å²) >= 11 is 1.86. The van der Waals surface area contributed by atoms with Gasteiger partial charge < -0.3 is 9.47 Å². The van der Waals surface area contributed by atoms with Crippen molar-refractivity contribution in [3.8, 4) is 39.1 Å². The first kappa shape index (κ1) is 35.2. The molecule has 61 heavy (non-hydrogen) atoms. The van der Waals surface area contributed by atoms with Gasteiger partial charge in [-0.25, -0.2) is 0 Å². The molecular formula is C58H38N2S. The Morgan fingerprint density at radius 1 is 0.328 bits per heavy atom. The van der Waals surface area contributed by atoms with Gasteiger partial charge in [-0.05, 0) is 99.3 Å². The van der Waals surface area contributed by atoms with Crippen molar-refractivity contribution in [2.24, 2.45) is 0 Å². The van der Waals surface area contributed by atoms with Crippen LogP contribution in [0.15, 0.2) is 231 Å². The normalized spacial score (nSPS) is 11.6. The first-order valence-electron chi connectivity index (χ1n) is 20.8. The molecule has 12 rings (SSSR count). The highest BCUT2D eigenvalue weighted by atomic mass is 32.1. The molecule has 0 aliphatic rings. The van der Waals surface area contributed by atoms with Crippen molar-refractivity contribution < 1.29 is 0 Å². The van der Waals surface area contributed by atoms with Crippen LogP contribution in [-0.4, -0.2) is 4.57 Å². The number of nitrogens with zero attached hydrogens (tertiary/aromatic N) is 2. The van der Waals surface area contributed by atoms with Crippen molar-refractivity contribution in [1.29, 1.82) is 0 Å². The lowest BCUT2D eigenvalue weighted by Crippen LogP contribution is -2.10.